The van der Waals surface area contributed by atoms with Gasteiger partial charge in [0.05, 0.1) is 18.6 Å². The van der Waals surface area contributed by atoms with E-state index in [0.717, 1.165) is 0 Å². The number of nitriles is 1. The first-order chi connectivity index (χ1) is 7.08. The van der Waals surface area contributed by atoms with Crippen molar-refractivity contribution in [3.05, 3.63) is 33.3 Å². The summed E-state index contributed by atoms with van der Waals surface area (Å²) in [5.41, 5.74) is 1.36. The average molecular weight is 270 g/mol. The third-order valence-electron chi connectivity index (χ3n) is 1.92. The highest BCUT2D eigenvalue weighted by atomic mass is 79.9. The molecule has 0 fully saturated rings. The second kappa shape index (κ2) is 4.91. The topological polar surface area (TPSA) is 81.3 Å². The first kappa shape index (κ1) is 11.7. The highest BCUT2D eigenvalue weighted by Gasteiger charge is 2.10. The normalized spacial score (nSPS) is 9.67. The van der Waals surface area contributed by atoms with Gasteiger partial charge in [-0.1, -0.05) is 0 Å². The van der Waals surface area contributed by atoms with E-state index >= 15 is 0 Å². The van der Waals surface area contributed by atoms with Crippen LogP contribution in [0.3, 0.4) is 0 Å². The summed E-state index contributed by atoms with van der Waals surface area (Å²) in [6.45, 7) is -0.273. The minimum absolute atomic E-state index is 0.166. The number of aliphatic carboxylic acids is 1. The number of benzene rings is 1. The molecule has 0 bridgehead atoms. The van der Waals surface area contributed by atoms with E-state index in [0.29, 0.717) is 21.2 Å². The van der Waals surface area contributed by atoms with E-state index in [4.69, 9.17) is 15.5 Å². The molecule has 78 valence electrons. The van der Waals surface area contributed by atoms with Crippen molar-refractivity contribution in [2.24, 2.45) is 0 Å². The van der Waals surface area contributed by atoms with Gasteiger partial charge in [-0.15, -0.1) is 0 Å². The van der Waals surface area contributed by atoms with Crippen molar-refractivity contribution in [2.75, 3.05) is 0 Å². The summed E-state index contributed by atoms with van der Waals surface area (Å²) in [6.07, 6.45) is -0.166. The first-order valence-corrected chi connectivity index (χ1v) is 4.91. The maximum absolute atomic E-state index is 10.5. The molecule has 2 N–H and O–H groups in total. The summed E-state index contributed by atoms with van der Waals surface area (Å²) in [7, 11) is 0. The summed E-state index contributed by atoms with van der Waals surface area (Å²) in [6, 6.07) is 4.99. The molecule has 0 heterocycles. The molecule has 1 rings (SSSR count). The number of hydrogen-bond donors (Lipinski definition) is 2. The Bertz CT molecular complexity index is 437. The van der Waals surface area contributed by atoms with Gasteiger partial charge in [0.25, 0.3) is 0 Å². The lowest BCUT2D eigenvalue weighted by molar-refractivity contribution is -0.136. The van der Waals surface area contributed by atoms with Crippen molar-refractivity contribution in [2.45, 2.75) is 13.0 Å². The Balaban J connectivity index is 3.22. The van der Waals surface area contributed by atoms with Crippen LogP contribution in [0.15, 0.2) is 16.6 Å². The summed E-state index contributed by atoms with van der Waals surface area (Å²) >= 11 is 3.16. The molecule has 1 aromatic carbocycles. The third-order valence-corrected chi connectivity index (χ3v) is 2.58. The predicted octanol–water partition coefficient (Wildman–Crippen LogP) is 1.44. The number of hydrogen-bond acceptors (Lipinski definition) is 3. The third kappa shape index (κ3) is 2.78. The van der Waals surface area contributed by atoms with Crippen LogP contribution in [0.1, 0.15) is 16.7 Å². The summed E-state index contributed by atoms with van der Waals surface area (Å²) in [4.78, 5) is 10.5. The van der Waals surface area contributed by atoms with Crippen LogP contribution in [0.4, 0.5) is 0 Å². The maximum atomic E-state index is 10.5. The van der Waals surface area contributed by atoms with Gasteiger partial charge >= 0.3 is 5.97 Å². The van der Waals surface area contributed by atoms with Crippen LogP contribution in [0.5, 0.6) is 0 Å². The van der Waals surface area contributed by atoms with Gasteiger partial charge in [0.2, 0.25) is 0 Å². The average Bonchev–Trinajstić information content (AvgIpc) is 2.17. The molecule has 15 heavy (non-hydrogen) atoms. The lowest BCUT2D eigenvalue weighted by atomic mass is 10.0. The zero-order chi connectivity index (χ0) is 11.4. The zero-order valence-electron chi connectivity index (χ0n) is 7.70. The van der Waals surface area contributed by atoms with Gasteiger partial charge in [0.15, 0.2) is 0 Å². The molecular weight excluding hydrogens is 262 g/mol. The number of rotatable bonds is 3. The first-order valence-electron chi connectivity index (χ1n) is 4.12. The Morgan fingerprint density at radius 2 is 2.13 bits per heavy atom. The molecule has 0 aliphatic carbocycles. The molecule has 5 heteroatoms. The van der Waals surface area contributed by atoms with E-state index in [1.54, 1.807) is 6.07 Å². The maximum Gasteiger partial charge on any atom is 0.307 e. The number of aliphatic hydroxyl groups is 1. The molecule has 0 aliphatic heterocycles. The van der Waals surface area contributed by atoms with Gasteiger partial charge in [0, 0.05) is 4.47 Å². The summed E-state index contributed by atoms with van der Waals surface area (Å²) in [5, 5.41) is 26.4. The lowest BCUT2D eigenvalue weighted by Crippen LogP contribution is -2.04. The van der Waals surface area contributed by atoms with Crippen molar-refractivity contribution in [1.29, 1.82) is 5.26 Å². The lowest BCUT2D eigenvalue weighted by Gasteiger charge is -2.07. The highest BCUT2D eigenvalue weighted by molar-refractivity contribution is 9.10. The predicted molar refractivity (Wildman–Crippen MR) is 56.1 cm³/mol. The second-order valence-corrected chi connectivity index (χ2v) is 3.80. The molecule has 0 atom stereocenters. The van der Waals surface area contributed by atoms with E-state index in [9.17, 15) is 4.79 Å². The Hall–Kier alpha value is -1.38. The largest absolute Gasteiger partial charge is 0.481 e. The summed E-state index contributed by atoms with van der Waals surface area (Å²) in [5.74, 6) is -0.971. The smallest absolute Gasteiger partial charge is 0.307 e. The van der Waals surface area contributed by atoms with Crippen LogP contribution in [0.25, 0.3) is 0 Å². The standard InChI is InChI=1S/C10H8BrNO3/c11-9-2-6(3-10(14)15)8(5-13)1-7(9)4-12/h1-2,13H,3,5H2,(H,14,15). The highest BCUT2D eigenvalue weighted by Crippen LogP contribution is 2.22. The van der Waals surface area contributed by atoms with Crippen molar-refractivity contribution < 1.29 is 15.0 Å². The molecule has 4 nitrogen and oxygen atoms in total. The van der Waals surface area contributed by atoms with Gasteiger partial charge in [-0.05, 0) is 39.2 Å². The molecule has 0 amide bonds. The molecule has 0 saturated carbocycles. The quantitative estimate of drug-likeness (QED) is 0.870. The number of aliphatic hydroxyl groups excluding tert-OH is 1. The van der Waals surface area contributed by atoms with Crippen molar-refractivity contribution in [3.8, 4) is 6.07 Å². The van der Waals surface area contributed by atoms with E-state index in [1.807, 2.05) is 6.07 Å². The van der Waals surface area contributed by atoms with Crippen molar-refractivity contribution in [3.63, 3.8) is 0 Å². The van der Waals surface area contributed by atoms with Crippen molar-refractivity contribution in [1.82, 2.24) is 0 Å². The zero-order valence-corrected chi connectivity index (χ0v) is 9.28. The monoisotopic (exact) mass is 269 g/mol. The SMILES string of the molecule is N#Cc1cc(CO)c(CC(=O)O)cc1Br. The Morgan fingerprint density at radius 1 is 1.47 bits per heavy atom. The van der Waals surface area contributed by atoms with Gasteiger partial charge in [-0.25, -0.2) is 0 Å². The second-order valence-electron chi connectivity index (χ2n) is 2.94. The number of carboxylic acids is 1. The van der Waals surface area contributed by atoms with Crippen molar-refractivity contribution >= 4 is 21.9 Å². The molecule has 0 aromatic heterocycles. The van der Waals surface area contributed by atoms with Crippen LogP contribution >= 0.6 is 15.9 Å². The van der Waals surface area contributed by atoms with E-state index < -0.39 is 5.97 Å². The van der Waals surface area contributed by atoms with Gasteiger partial charge in [-0.2, -0.15) is 5.26 Å². The molecule has 1 aromatic rings. The molecule has 0 radical (unpaired) electrons. The Kier molecular flexibility index (Phi) is 3.83. The van der Waals surface area contributed by atoms with Crippen LogP contribution in [0.2, 0.25) is 0 Å². The Labute approximate surface area is 94.9 Å². The minimum atomic E-state index is -0.971. The van der Waals surface area contributed by atoms with Crippen LogP contribution in [-0.4, -0.2) is 16.2 Å². The molecule has 0 spiro atoms. The van der Waals surface area contributed by atoms with E-state index in [2.05, 4.69) is 15.9 Å². The summed E-state index contributed by atoms with van der Waals surface area (Å²) < 4.78 is 0.540. The van der Waals surface area contributed by atoms with Gasteiger partial charge in [-0.3, -0.25) is 4.79 Å². The molecular formula is C10H8BrNO3. The van der Waals surface area contributed by atoms with Gasteiger partial charge < -0.3 is 10.2 Å². The van der Waals surface area contributed by atoms with E-state index in [1.165, 1.54) is 6.07 Å². The fraction of sp³-hybridized carbons (Fsp3) is 0.200. The fourth-order valence-electron chi connectivity index (χ4n) is 1.22. The number of halogens is 1. The van der Waals surface area contributed by atoms with E-state index in [-0.39, 0.29) is 13.0 Å². The van der Waals surface area contributed by atoms with Crippen LogP contribution in [0, 0.1) is 11.3 Å². The fourth-order valence-corrected chi connectivity index (χ4v) is 1.70. The number of carbonyl (C=O) groups is 1. The minimum Gasteiger partial charge on any atom is -0.481 e. The number of nitrogens with zero attached hydrogens (tertiary/aromatic N) is 1. The van der Waals surface area contributed by atoms with Crippen LogP contribution < -0.4 is 0 Å². The molecule has 0 unspecified atom stereocenters. The molecule has 0 aliphatic rings. The van der Waals surface area contributed by atoms with Crippen LogP contribution in [-0.2, 0) is 17.8 Å². The molecule has 0 saturated heterocycles. The van der Waals surface area contributed by atoms with Gasteiger partial charge in [0.1, 0.15) is 6.07 Å². The number of carboxylic acid groups (broad SMARTS) is 1. The Morgan fingerprint density at radius 3 is 2.60 bits per heavy atom.